The molecule has 0 aliphatic carbocycles. The van der Waals surface area contributed by atoms with E-state index in [4.69, 9.17) is 4.74 Å². The lowest BCUT2D eigenvalue weighted by Crippen LogP contribution is -2.34. The molecule has 0 radical (unpaired) electrons. The van der Waals surface area contributed by atoms with Gasteiger partial charge < -0.3 is 9.64 Å². The molecule has 4 nitrogen and oxygen atoms in total. The van der Waals surface area contributed by atoms with Gasteiger partial charge in [0.25, 0.3) is 0 Å². The van der Waals surface area contributed by atoms with Crippen molar-refractivity contribution in [2.75, 3.05) is 31.7 Å². The van der Waals surface area contributed by atoms with Crippen molar-refractivity contribution in [3.05, 3.63) is 10.6 Å². The molecular weight excluding hydrogens is 236 g/mol. The first-order valence-electron chi connectivity index (χ1n) is 5.91. The van der Waals surface area contributed by atoms with Crippen LogP contribution >= 0.6 is 11.3 Å². The second-order valence-electron chi connectivity index (χ2n) is 4.45. The molecule has 5 heteroatoms. The van der Waals surface area contributed by atoms with Gasteiger partial charge in [0.1, 0.15) is 0 Å². The van der Waals surface area contributed by atoms with Crippen LogP contribution in [0.2, 0.25) is 0 Å². The second-order valence-corrected chi connectivity index (χ2v) is 5.46. The number of aldehydes is 1. The van der Waals surface area contributed by atoms with Crippen molar-refractivity contribution in [3.63, 3.8) is 0 Å². The van der Waals surface area contributed by atoms with Gasteiger partial charge in [0.05, 0.1) is 10.6 Å². The van der Waals surface area contributed by atoms with E-state index in [-0.39, 0.29) is 0 Å². The highest BCUT2D eigenvalue weighted by Crippen LogP contribution is 2.28. The molecule has 2 heterocycles. The maximum absolute atomic E-state index is 10.8. The van der Waals surface area contributed by atoms with Crippen LogP contribution < -0.4 is 4.90 Å². The third-order valence-corrected chi connectivity index (χ3v) is 4.36. The van der Waals surface area contributed by atoms with E-state index in [0.717, 1.165) is 54.5 Å². The summed E-state index contributed by atoms with van der Waals surface area (Å²) in [5.74, 6) is 0.669. The van der Waals surface area contributed by atoms with Crippen LogP contribution in [0.1, 0.15) is 28.2 Å². The number of aromatic nitrogens is 1. The monoisotopic (exact) mass is 254 g/mol. The molecule has 1 fully saturated rings. The molecule has 1 aromatic rings. The molecule has 17 heavy (non-hydrogen) atoms. The Morgan fingerprint density at radius 1 is 1.53 bits per heavy atom. The molecule has 94 valence electrons. The fraction of sp³-hybridized carbons (Fsp3) is 0.667. The molecule has 1 saturated heterocycles. The van der Waals surface area contributed by atoms with Crippen molar-refractivity contribution in [3.8, 4) is 0 Å². The van der Waals surface area contributed by atoms with Gasteiger partial charge in [-0.2, -0.15) is 0 Å². The minimum absolute atomic E-state index is 0.669. The Balaban J connectivity index is 1.97. The van der Waals surface area contributed by atoms with Gasteiger partial charge in [0.2, 0.25) is 0 Å². The van der Waals surface area contributed by atoms with Gasteiger partial charge in [-0.3, -0.25) is 4.79 Å². The normalized spacial score (nSPS) is 17.4. The van der Waals surface area contributed by atoms with Crippen LogP contribution in [0.5, 0.6) is 0 Å². The van der Waals surface area contributed by atoms with Crippen molar-refractivity contribution in [2.24, 2.45) is 5.92 Å². The largest absolute Gasteiger partial charge is 0.384 e. The standard InChI is InChI=1S/C12H18N2O2S/c1-9-11(7-15)17-12(13-9)14-5-3-10(4-6-14)8-16-2/h7,10H,3-6,8H2,1-2H3. The lowest BCUT2D eigenvalue weighted by molar-refractivity contribution is 0.112. The first-order valence-corrected chi connectivity index (χ1v) is 6.72. The zero-order valence-electron chi connectivity index (χ0n) is 10.3. The number of hydrogen-bond acceptors (Lipinski definition) is 5. The first-order chi connectivity index (χ1) is 8.24. The van der Waals surface area contributed by atoms with Gasteiger partial charge in [0.15, 0.2) is 11.4 Å². The molecule has 1 aliphatic rings. The number of methoxy groups -OCH3 is 1. The van der Waals surface area contributed by atoms with E-state index in [0.29, 0.717) is 5.92 Å². The molecular formula is C12H18N2O2S. The molecule has 0 N–H and O–H groups in total. The molecule has 2 rings (SSSR count). The maximum atomic E-state index is 10.8. The zero-order chi connectivity index (χ0) is 12.3. The van der Waals surface area contributed by atoms with Crippen molar-refractivity contribution in [1.82, 2.24) is 4.98 Å². The van der Waals surface area contributed by atoms with Gasteiger partial charge in [-0.25, -0.2) is 4.98 Å². The summed E-state index contributed by atoms with van der Waals surface area (Å²) in [7, 11) is 1.76. The number of piperidine rings is 1. The molecule has 0 saturated carbocycles. The number of aryl methyl sites for hydroxylation is 1. The topological polar surface area (TPSA) is 42.4 Å². The highest BCUT2D eigenvalue weighted by molar-refractivity contribution is 7.17. The number of carbonyl (C=O) groups is 1. The molecule has 0 bridgehead atoms. The summed E-state index contributed by atoms with van der Waals surface area (Å²) in [6, 6.07) is 0. The van der Waals surface area contributed by atoms with Crippen molar-refractivity contribution in [2.45, 2.75) is 19.8 Å². The van der Waals surface area contributed by atoms with Gasteiger partial charge in [-0.15, -0.1) is 0 Å². The number of hydrogen-bond donors (Lipinski definition) is 0. The molecule has 0 unspecified atom stereocenters. The Kier molecular flexibility index (Phi) is 4.12. The predicted octanol–water partition coefficient (Wildman–Crippen LogP) is 2.13. The average Bonchev–Trinajstić information content (AvgIpc) is 2.72. The van der Waals surface area contributed by atoms with Crippen LogP contribution in [0.15, 0.2) is 0 Å². The molecule has 0 aromatic carbocycles. The summed E-state index contributed by atoms with van der Waals surface area (Å²) in [6.45, 7) is 4.77. The van der Waals surface area contributed by atoms with E-state index < -0.39 is 0 Å². The second kappa shape index (κ2) is 5.60. The Bertz CT molecular complexity index is 384. The van der Waals surface area contributed by atoms with Crippen molar-refractivity contribution < 1.29 is 9.53 Å². The third kappa shape index (κ3) is 2.84. The van der Waals surface area contributed by atoms with E-state index in [2.05, 4.69) is 9.88 Å². The number of carbonyl (C=O) groups excluding carboxylic acids is 1. The number of thiazole rings is 1. The van der Waals surface area contributed by atoms with E-state index >= 15 is 0 Å². The highest BCUT2D eigenvalue weighted by atomic mass is 32.1. The van der Waals surface area contributed by atoms with Crippen LogP contribution in [-0.2, 0) is 4.74 Å². The van der Waals surface area contributed by atoms with Gasteiger partial charge in [-0.1, -0.05) is 11.3 Å². The fourth-order valence-corrected chi connectivity index (χ4v) is 3.10. The Labute approximate surface area is 106 Å². The molecule has 0 spiro atoms. The Morgan fingerprint density at radius 3 is 2.76 bits per heavy atom. The average molecular weight is 254 g/mol. The van der Waals surface area contributed by atoms with Gasteiger partial charge >= 0.3 is 0 Å². The number of anilines is 1. The smallest absolute Gasteiger partial charge is 0.186 e. The summed E-state index contributed by atoms with van der Waals surface area (Å²) in [5.41, 5.74) is 0.846. The lowest BCUT2D eigenvalue weighted by Gasteiger charge is -2.31. The minimum atomic E-state index is 0.669. The molecule has 0 amide bonds. The SMILES string of the molecule is COCC1CCN(c2nc(C)c(C=O)s2)CC1. The molecule has 0 atom stereocenters. The van der Waals surface area contributed by atoms with Crippen LogP contribution in [0.3, 0.4) is 0 Å². The Morgan fingerprint density at radius 2 is 2.24 bits per heavy atom. The number of nitrogens with zero attached hydrogens (tertiary/aromatic N) is 2. The van der Waals surface area contributed by atoms with E-state index in [1.807, 2.05) is 6.92 Å². The maximum Gasteiger partial charge on any atom is 0.186 e. The van der Waals surface area contributed by atoms with E-state index in [9.17, 15) is 4.79 Å². The first kappa shape index (κ1) is 12.5. The number of ether oxygens (including phenoxy) is 1. The summed E-state index contributed by atoms with van der Waals surface area (Å²) in [5, 5.41) is 0.987. The van der Waals surface area contributed by atoms with E-state index in [1.54, 1.807) is 7.11 Å². The van der Waals surface area contributed by atoms with Crippen LogP contribution in [0.4, 0.5) is 5.13 Å². The quantitative estimate of drug-likeness (QED) is 0.772. The van der Waals surface area contributed by atoms with Crippen LogP contribution in [-0.4, -0.2) is 38.1 Å². The summed E-state index contributed by atoms with van der Waals surface area (Å²) < 4.78 is 5.19. The molecule has 1 aromatic heterocycles. The predicted molar refractivity (Wildman–Crippen MR) is 69.1 cm³/mol. The Hall–Kier alpha value is -0.940. The number of rotatable bonds is 4. The summed E-state index contributed by atoms with van der Waals surface area (Å²) in [4.78, 5) is 18.3. The van der Waals surface area contributed by atoms with Crippen LogP contribution in [0, 0.1) is 12.8 Å². The molecule has 1 aliphatic heterocycles. The summed E-state index contributed by atoms with van der Waals surface area (Å²) >= 11 is 1.50. The zero-order valence-corrected chi connectivity index (χ0v) is 11.1. The van der Waals surface area contributed by atoms with Gasteiger partial charge in [0, 0.05) is 26.8 Å². The lowest BCUT2D eigenvalue weighted by atomic mass is 9.98. The highest BCUT2D eigenvalue weighted by Gasteiger charge is 2.21. The van der Waals surface area contributed by atoms with Crippen molar-refractivity contribution >= 4 is 22.8 Å². The van der Waals surface area contributed by atoms with E-state index in [1.165, 1.54) is 11.3 Å². The summed E-state index contributed by atoms with van der Waals surface area (Å²) in [6.07, 6.45) is 3.18. The van der Waals surface area contributed by atoms with Crippen molar-refractivity contribution in [1.29, 1.82) is 0 Å². The third-order valence-electron chi connectivity index (χ3n) is 3.22. The van der Waals surface area contributed by atoms with Gasteiger partial charge in [-0.05, 0) is 25.7 Å². The minimum Gasteiger partial charge on any atom is -0.384 e. The van der Waals surface area contributed by atoms with Crippen LogP contribution in [0.25, 0.3) is 0 Å². The fourth-order valence-electron chi connectivity index (χ4n) is 2.16.